The van der Waals surface area contributed by atoms with Gasteiger partial charge in [0.25, 0.3) is 0 Å². The van der Waals surface area contributed by atoms with E-state index in [1.54, 1.807) is 0 Å². The van der Waals surface area contributed by atoms with E-state index in [4.69, 9.17) is 0 Å². The molecular weight excluding hydrogens is 375 g/mol. The molecule has 0 aliphatic heterocycles. The van der Waals surface area contributed by atoms with Gasteiger partial charge in [-0.2, -0.15) is 0 Å². The first-order valence-corrected chi connectivity index (χ1v) is 7.03. The highest BCUT2D eigenvalue weighted by Crippen LogP contribution is 2.25. The minimum absolute atomic E-state index is 0.987. The smallest absolute Gasteiger partial charge is 0.0239 e. The fourth-order valence-corrected chi connectivity index (χ4v) is 2.67. The number of aryl methyl sites for hydroxylation is 1. The van der Waals surface area contributed by atoms with Gasteiger partial charge < -0.3 is 0 Å². The average Bonchev–Trinajstić information content (AvgIpc) is 2.28. The van der Waals surface area contributed by atoms with Crippen LogP contribution in [0.25, 0.3) is 0 Å². The quantitative estimate of drug-likeness (QED) is 0.640. The van der Waals surface area contributed by atoms with Gasteiger partial charge in [-0.05, 0) is 58.7 Å². The first-order chi connectivity index (χ1) is 7.68. The molecule has 0 fully saturated rings. The maximum atomic E-state index is 3.66. The zero-order chi connectivity index (χ0) is 11.5. The Morgan fingerprint density at radius 3 is 2.44 bits per heavy atom. The lowest BCUT2D eigenvalue weighted by Gasteiger charge is -2.08. The Hall–Kier alpha value is -0.350. The van der Waals surface area contributed by atoms with Crippen molar-refractivity contribution >= 4 is 38.5 Å². The number of halogens is 2. The minimum Gasteiger partial charge on any atom is -0.0619 e. The van der Waals surface area contributed by atoms with Gasteiger partial charge >= 0.3 is 0 Å². The molecule has 0 nitrogen and oxygen atoms in total. The van der Waals surface area contributed by atoms with Gasteiger partial charge in [0.2, 0.25) is 0 Å². The molecule has 0 aromatic heterocycles. The first-order valence-electron chi connectivity index (χ1n) is 5.16. The molecular formula is C14H12BrI. The number of hydrogen-bond acceptors (Lipinski definition) is 0. The highest BCUT2D eigenvalue weighted by Gasteiger charge is 2.05. The number of benzene rings is 2. The minimum atomic E-state index is 0.987. The standard InChI is InChI=1S/C14H12BrI/c1-10-5-4-7-12(14(10)15)9-11-6-2-3-8-13(11)16/h2-8H,9H2,1H3. The van der Waals surface area contributed by atoms with Gasteiger partial charge in [-0.1, -0.05) is 52.3 Å². The maximum absolute atomic E-state index is 3.66. The van der Waals surface area contributed by atoms with Gasteiger partial charge in [0, 0.05) is 8.04 Å². The molecule has 16 heavy (non-hydrogen) atoms. The zero-order valence-electron chi connectivity index (χ0n) is 9.00. The van der Waals surface area contributed by atoms with Crippen LogP contribution in [0.1, 0.15) is 16.7 Å². The number of rotatable bonds is 2. The Morgan fingerprint density at radius 1 is 1.00 bits per heavy atom. The Labute approximate surface area is 118 Å². The molecule has 0 unspecified atom stereocenters. The van der Waals surface area contributed by atoms with Crippen LogP contribution >= 0.6 is 38.5 Å². The molecule has 0 atom stereocenters. The summed E-state index contributed by atoms with van der Waals surface area (Å²) >= 11 is 6.05. The highest BCUT2D eigenvalue weighted by molar-refractivity contribution is 14.1. The van der Waals surface area contributed by atoms with E-state index in [-0.39, 0.29) is 0 Å². The van der Waals surface area contributed by atoms with E-state index in [9.17, 15) is 0 Å². The maximum Gasteiger partial charge on any atom is 0.0239 e. The second-order valence-corrected chi connectivity index (χ2v) is 5.77. The summed E-state index contributed by atoms with van der Waals surface area (Å²) in [5.41, 5.74) is 4.03. The molecule has 0 amide bonds. The second-order valence-electron chi connectivity index (χ2n) is 3.82. The molecule has 2 rings (SSSR count). The molecule has 0 heterocycles. The van der Waals surface area contributed by atoms with Crippen LogP contribution in [-0.2, 0) is 6.42 Å². The molecule has 0 aliphatic rings. The number of hydrogen-bond donors (Lipinski definition) is 0. The largest absolute Gasteiger partial charge is 0.0619 e. The van der Waals surface area contributed by atoms with Crippen LogP contribution < -0.4 is 0 Å². The summed E-state index contributed by atoms with van der Waals surface area (Å²) in [7, 11) is 0. The second kappa shape index (κ2) is 5.32. The van der Waals surface area contributed by atoms with Gasteiger partial charge in [-0.25, -0.2) is 0 Å². The molecule has 0 saturated carbocycles. The summed E-state index contributed by atoms with van der Waals surface area (Å²) in [5, 5.41) is 0. The van der Waals surface area contributed by atoms with Crippen LogP contribution in [0.3, 0.4) is 0 Å². The van der Waals surface area contributed by atoms with Crippen molar-refractivity contribution in [1.29, 1.82) is 0 Å². The van der Waals surface area contributed by atoms with Crippen molar-refractivity contribution in [3.05, 3.63) is 67.2 Å². The van der Waals surface area contributed by atoms with Crippen molar-refractivity contribution in [3.63, 3.8) is 0 Å². The topological polar surface area (TPSA) is 0 Å². The lowest BCUT2D eigenvalue weighted by atomic mass is 10.0. The zero-order valence-corrected chi connectivity index (χ0v) is 12.7. The predicted octanol–water partition coefficient (Wildman–Crippen LogP) is 4.95. The fraction of sp³-hybridized carbons (Fsp3) is 0.143. The van der Waals surface area contributed by atoms with Crippen molar-refractivity contribution in [3.8, 4) is 0 Å². The van der Waals surface area contributed by atoms with E-state index in [1.807, 2.05) is 0 Å². The Kier molecular flexibility index (Phi) is 4.03. The lowest BCUT2D eigenvalue weighted by molar-refractivity contribution is 1.15. The third-order valence-electron chi connectivity index (χ3n) is 2.61. The van der Waals surface area contributed by atoms with Crippen molar-refractivity contribution in [2.24, 2.45) is 0 Å². The van der Waals surface area contributed by atoms with E-state index < -0.39 is 0 Å². The van der Waals surface area contributed by atoms with Crippen molar-refractivity contribution in [2.75, 3.05) is 0 Å². The van der Waals surface area contributed by atoms with Crippen LogP contribution in [0, 0.1) is 10.5 Å². The van der Waals surface area contributed by atoms with Gasteiger partial charge in [-0.15, -0.1) is 0 Å². The summed E-state index contributed by atoms with van der Waals surface area (Å²) in [6.07, 6.45) is 0.987. The van der Waals surface area contributed by atoms with Crippen LogP contribution in [0.2, 0.25) is 0 Å². The Bertz CT molecular complexity index is 506. The molecule has 0 spiro atoms. The molecule has 2 aromatic rings. The normalized spacial score (nSPS) is 10.4. The lowest BCUT2D eigenvalue weighted by Crippen LogP contribution is -1.93. The summed E-state index contributed by atoms with van der Waals surface area (Å²) in [6, 6.07) is 14.9. The van der Waals surface area contributed by atoms with E-state index in [2.05, 4.69) is 87.9 Å². The fourth-order valence-electron chi connectivity index (χ4n) is 1.69. The average molecular weight is 387 g/mol. The van der Waals surface area contributed by atoms with Crippen LogP contribution in [-0.4, -0.2) is 0 Å². The molecule has 2 aromatic carbocycles. The molecule has 82 valence electrons. The van der Waals surface area contributed by atoms with E-state index in [1.165, 1.54) is 24.7 Å². The molecule has 0 N–H and O–H groups in total. The third kappa shape index (κ3) is 2.66. The van der Waals surface area contributed by atoms with Gasteiger partial charge in [0.1, 0.15) is 0 Å². The monoisotopic (exact) mass is 386 g/mol. The van der Waals surface area contributed by atoms with Crippen LogP contribution in [0.4, 0.5) is 0 Å². The van der Waals surface area contributed by atoms with Gasteiger partial charge in [-0.3, -0.25) is 0 Å². The SMILES string of the molecule is Cc1cccc(Cc2ccccc2I)c1Br. The van der Waals surface area contributed by atoms with Crippen molar-refractivity contribution in [2.45, 2.75) is 13.3 Å². The third-order valence-corrected chi connectivity index (χ3v) is 4.80. The summed E-state index contributed by atoms with van der Waals surface area (Å²) in [5.74, 6) is 0. The molecule has 0 bridgehead atoms. The summed E-state index contributed by atoms with van der Waals surface area (Å²) in [4.78, 5) is 0. The van der Waals surface area contributed by atoms with Crippen molar-refractivity contribution < 1.29 is 0 Å². The van der Waals surface area contributed by atoms with E-state index in [0.29, 0.717) is 0 Å². The first kappa shape index (κ1) is 12.1. The molecule has 2 heteroatoms. The van der Waals surface area contributed by atoms with E-state index >= 15 is 0 Å². The molecule has 0 saturated heterocycles. The Balaban J connectivity index is 2.35. The van der Waals surface area contributed by atoms with Crippen molar-refractivity contribution in [1.82, 2.24) is 0 Å². The predicted molar refractivity (Wildman–Crippen MR) is 80.8 cm³/mol. The van der Waals surface area contributed by atoms with Crippen LogP contribution in [0.5, 0.6) is 0 Å². The van der Waals surface area contributed by atoms with Crippen LogP contribution in [0.15, 0.2) is 46.9 Å². The molecule has 0 aliphatic carbocycles. The van der Waals surface area contributed by atoms with Gasteiger partial charge in [0.05, 0.1) is 0 Å². The highest BCUT2D eigenvalue weighted by atomic mass is 127. The van der Waals surface area contributed by atoms with E-state index in [0.717, 1.165) is 6.42 Å². The summed E-state index contributed by atoms with van der Waals surface area (Å²) in [6.45, 7) is 2.13. The molecule has 0 radical (unpaired) electrons. The van der Waals surface area contributed by atoms with Gasteiger partial charge in [0.15, 0.2) is 0 Å². The Morgan fingerprint density at radius 2 is 1.69 bits per heavy atom. The summed E-state index contributed by atoms with van der Waals surface area (Å²) < 4.78 is 2.56.